The lowest BCUT2D eigenvalue weighted by Crippen LogP contribution is -2.05. The quantitative estimate of drug-likeness (QED) is 0.474. The standard InChI is InChI=1S/C20H19NO5S/c1-25-19-10-16(17(21(23)24)11-20(19)26-2)9-18(22)14-5-3-13(4-6-14)15-7-8-27-12-15/h3-8,10-12,18,22H,9H2,1-2H3. The molecule has 1 atom stereocenters. The average molecular weight is 385 g/mol. The molecule has 2 aromatic carbocycles. The van der Waals surface area contributed by atoms with Crippen molar-refractivity contribution in [3.63, 3.8) is 0 Å². The fourth-order valence-corrected chi connectivity index (χ4v) is 3.56. The first kappa shape index (κ1) is 18.9. The molecule has 0 amide bonds. The minimum Gasteiger partial charge on any atom is -0.493 e. The van der Waals surface area contributed by atoms with Crippen LogP contribution in [0.4, 0.5) is 5.69 Å². The molecule has 1 heterocycles. The number of methoxy groups -OCH3 is 2. The molecule has 27 heavy (non-hydrogen) atoms. The number of aliphatic hydroxyl groups excluding tert-OH is 1. The van der Waals surface area contributed by atoms with Gasteiger partial charge in [-0.3, -0.25) is 10.1 Å². The molecule has 0 aliphatic carbocycles. The molecule has 1 unspecified atom stereocenters. The van der Waals surface area contributed by atoms with Gasteiger partial charge in [0.1, 0.15) is 0 Å². The topological polar surface area (TPSA) is 81.8 Å². The number of nitrogens with zero attached hydrogens (tertiary/aromatic N) is 1. The highest BCUT2D eigenvalue weighted by Gasteiger charge is 2.22. The van der Waals surface area contributed by atoms with Crippen LogP contribution in [0.2, 0.25) is 0 Å². The number of nitro groups is 1. The Bertz CT molecular complexity index is 922. The molecule has 1 N–H and O–H groups in total. The number of benzene rings is 2. The first-order chi connectivity index (χ1) is 13.0. The summed E-state index contributed by atoms with van der Waals surface area (Å²) in [5.41, 5.74) is 3.15. The van der Waals surface area contributed by atoms with Gasteiger partial charge in [-0.2, -0.15) is 11.3 Å². The van der Waals surface area contributed by atoms with Crippen molar-refractivity contribution in [1.82, 2.24) is 0 Å². The minimum atomic E-state index is -0.877. The summed E-state index contributed by atoms with van der Waals surface area (Å²) in [6, 6.07) is 12.4. The second-order valence-electron chi connectivity index (χ2n) is 5.95. The van der Waals surface area contributed by atoms with Gasteiger partial charge in [-0.25, -0.2) is 0 Å². The average Bonchev–Trinajstić information content (AvgIpc) is 3.22. The van der Waals surface area contributed by atoms with Crippen molar-refractivity contribution in [1.29, 1.82) is 0 Å². The van der Waals surface area contributed by atoms with Crippen LogP contribution in [-0.2, 0) is 6.42 Å². The van der Waals surface area contributed by atoms with Gasteiger partial charge in [-0.05, 0) is 39.6 Å². The molecule has 140 valence electrons. The van der Waals surface area contributed by atoms with E-state index in [4.69, 9.17) is 9.47 Å². The predicted molar refractivity (Wildman–Crippen MR) is 105 cm³/mol. The van der Waals surface area contributed by atoms with Gasteiger partial charge in [0.15, 0.2) is 11.5 Å². The molecule has 0 aliphatic heterocycles. The highest BCUT2D eigenvalue weighted by Crippen LogP contribution is 2.36. The molecular formula is C20H19NO5S. The zero-order valence-corrected chi connectivity index (χ0v) is 15.7. The van der Waals surface area contributed by atoms with Gasteiger partial charge in [0, 0.05) is 12.0 Å². The van der Waals surface area contributed by atoms with Crippen LogP contribution in [-0.4, -0.2) is 24.2 Å². The van der Waals surface area contributed by atoms with Crippen LogP contribution in [0.1, 0.15) is 17.2 Å². The second-order valence-corrected chi connectivity index (χ2v) is 6.73. The van der Waals surface area contributed by atoms with Gasteiger partial charge >= 0.3 is 0 Å². The Morgan fingerprint density at radius 3 is 2.30 bits per heavy atom. The van der Waals surface area contributed by atoms with Crippen molar-refractivity contribution in [2.75, 3.05) is 14.2 Å². The summed E-state index contributed by atoms with van der Waals surface area (Å²) < 4.78 is 10.4. The Morgan fingerprint density at radius 1 is 1.07 bits per heavy atom. The molecule has 6 nitrogen and oxygen atoms in total. The number of rotatable bonds is 7. The smallest absolute Gasteiger partial charge is 0.276 e. The van der Waals surface area contributed by atoms with E-state index >= 15 is 0 Å². The summed E-state index contributed by atoms with van der Waals surface area (Å²) in [5.74, 6) is 0.667. The van der Waals surface area contributed by atoms with E-state index in [1.165, 1.54) is 20.3 Å². The zero-order chi connectivity index (χ0) is 19.4. The van der Waals surface area contributed by atoms with Gasteiger partial charge in [0.05, 0.1) is 31.3 Å². The fraction of sp³-hybridized carbons (Fsp3) is 0.200. The van der Waals surface area contributed by atoms with Crippen LogP contribution in [0.3, 0.4) is 0 Å². The molecule has 1 aromatic heterocycles. The van der Waals surface area contributed by atoms with Crippen LogP contribution in [0.25, 0.3) is 11.1 Å². The summed E-state index contributed by atoms with van der Waals surface area (Å²) in [6.45, 7) is 0. The maximum Gasteiger partial charge on any atom is 0.276 e. The monoisotopic (exact) mass is 385 g/mol. The van der Waals surface area contributed by atoms with E-state index < -0.39 is 11.0 Å². The number of hydrogen-bond acceptors (Lipinski definition) is 6. The van der Waals surface area contributed by atoms with Crippen LogP contribution >= 0.6 is 11.3 Å². The normalized spacial score (nSPS) is 11.8. The van der Waals surface area contributed by atoms with Crippen molar-refractivity contribution in [3.05, 3.63) is 74.5 Å². The van der Waals surface area contributed by atoms with E-state index in [0.29, 0.717) is 16.9 Å². The number of thiophene rings is 1. The van der Waals surface area contributed by atoms with Gasteiger partial charge in [-0.1, -0.05) is 24.3 Å². The van der Waals surface area contributed by atoms with E-state index in [2.05, 4.69) is 5.38 Å². The molecule has 0 fully saturated rings. The number of ether oxygens (including phenoxy) is 2. The second kappa shape index (κ2) is 8.20. The lowest BCUT2D eigenvalue weighted by Gasteiger charge is -2.14. The molecule has 3 rings (SSSR count). The molecule has 0 spiro atoms. The highest BCUT2D eigenvalue weighted by molar-refractivity contribution is 7.08. The van der Waals surface area contributed by atoms with Crippen molar-refractivity contribution in [2.24, 2.45) is 0 Å². The van der Waals surface area contributed by atoms with Crippen molar-refractivity contribution >= 4 is 17.0 Å². The summed E-state index contributed by atoms with van der Waals surface area (Å²) in [6.07, 6.45) is -0.785. The van der Waals surface area contributed by atoms with Crippen LogP contribution in [0, 0.1) is 10.1 Å². The lowest BCUT2D eigenvalue weighted by molar-refractivity contribution is -0.385. The SMILES string of the molecule is COc1cc(CC(O)c2ccc(-c3ccsc3)cc2)c([N+](=O)[O-])cc1OC. The van der Waals surface area contributed by atoms with Crippen molar-refractivity contribution < 1.29 is 19.5 Å². The van der Waals surface area contributed by atoms with Gasteiger partial charge in [0.25, 0.3) is 5.69 Å². The Balaban J connectivity index is 1.86. The molecule has 0 saturated carbocycles. The van der Waals surface area contributed by atoms with E-state index in [9.17, 15) is 15.2 Å². The molecule has 0 aliphatic rings. The third-order valence-corrected chi connectivity index (χ3v) is 5.03. The fourth-order valence-electron chi connectivity index (χ4n) is 2.90. The van der Waals surface area contributed by atoms with E-state index in [1.807, 2.05) is 35.7 Å². The lowest BCUT2D eigenvalue weighted by atomic mass is 9.98. The first-order valence-electron chi connectivity index (χ1n) is 8.23. The molecule has 0 bridgehead atoms. The van der Waals surface area contributed by atoms with Crippen LogP contribution in [0.15, 0.2) is 53.2 Å². The van der Waals surface area contributed by atoms with Gasteiger partial charge in [-0.15, -0.1) is 0 Å². The minimum absolute atomic E-state index is 0.0917. The Hall–Kier alpha value is -2.90. The molecule has 3 aromatic rings. The van der Waals surface area contributed by atoms with E-state index in [0.717, 1.165) is 11.1 Å². The zero-order valence-electron chi connectivity index (χ0n) is 14.9. The largest absolute Gasteiger partial charge is 0.493 e. The summed E-state index contributed by atoms with van der Waals surface area (Å²) in [4.78, 5) is 10.9. The van der Waals surface area contributed by atoms with Crippen LogP contribution < -0.4 is 9.47 Å². The predicted octanol–water partition coefficient (Wildman–Crippen LogP) is 4.62. The number of nitro benzene ring substituents is 1. The van der Waals surface area contributed by atoms with E-state index in [-0.39, 0.29) is 17.9 Å². The van der Waals surface area contributed by atoms with E-state index in [1.54, 1.807) is 17.4 Å². The molecule has 7 heteroatoms. The number of aliphatic hydroxyl groups is 1. The molecular weight excluding hydrogens is 366 g/mol. The van der Waals surface area contributed by atoms with Crippen LogP contribution in [0.5, 0.6) is 11.5 Å². The molecule has 0 saturated heterocycles. The Labute approximate surface area is 160 Å². The highest BCUT2D eigenvalue weighted by atomic mass is 32.1. The Morgan fingerprint density at radius 2 is 1.74 bits per heavy atom. The third kappa shape index (κ3) is 4.10. The third-order valence-electron chi connectivity index (χ3n) is 4.34. The Kier molecular flexibility index (Phi) is 5.73. The summed E-state index contributed by atoms with van der Waals surface area (Å²) in [5, 5.41) is 26.1. The van der Waals surface area contributed by atoms with Gasteiger partial charge in [0.2, 0.25) is 0 Å². The van der Waals surface area contributed by atoms with Crippen molar-refractivity contribution in [2.45, 2.75) is 12.5 Å². The first-order valence-corrected chi connectivity index (χ1v) is 9.17. The van der Waals surface area contributed by atoms with Gasteiger partial charge < -0.3 is 14.6 Å². The number of hydrogen-bond donors (Lipinski definition) is 1. The maximum atomic E-state index is 11.4. The summed E-state index contributed by atoms with van der Waals surface area (Å²) >= 11 is 1.62. The van der Waals surface area contributed by atoms with Crippen molar-refractivity contribution in [3.8, 4) is 22.6 Å². The molecule has 0 radical (unpaired) electrons. The summed E-state index contributed by atoms with van der Waals surface area (Å²) in [7, 11) is 2.89. The maximum absolute atomic E-state index is 11.4.